The lowest BCUT2D eigenvalue weighted by atomic mass is 9.95. The first-order valence-electron chi connectivity index (χ1n) is 5.67. The van der Waals surface area contributed by atoms with Gasteiger partial charge in [-0.1, -0.05) is 13.8 Å². The molecule has 0 amide bonds. The molecular formula is C11H21NO4. The molecule has 5 heteroatoms. The van der Waals surface area contributed by atoms with Gasteiger partial charge in [0.25, 0.3) is 0 Å². The van der Waals surface area contributed by atoms with Crippen molar-refractivity contribution >= 4 is 5.97 Å². The molecule has 3 N–H and O–H groups in total. The molecule has 1 heterocycles. The smallest absolute Gasteiger partial charge is 0.320 e. The van der Waals surface area contributed by atoms with E-state index in [4.69, 9.17) is 9.84 Å². The molecule has 94 valence electrons. The third-order valence-electron chi connectivity index (χ3n) is 3.22. The number of hydrogen-bond acceptors (Lipinski definition) is 4. The number of ether oxygens (including phenoxy) is 1. The Morgan fingerprint density at radius 2 is 2.25 bits per heavy atom. The number of hydrogen-bond donors (Lipinski definition) is 3. The number of aliphatic hydroxyl groups is 1. The van der Waals surface area contributed by atoms with Crippen molar-refractivity contribution in [3.8, 4) is 0 Å². The topological polar surface area (TPSA) is 78.8 Å². The number of nitrogens with one attached hydrogen (secondary N) is 1. The fourth-order valence-electron chi connectivity index (χ4n) is 1.90. The first-order valence-corrected chi connectivity index (χ1v) is 5.67. The lowest BCUT2D eigenvalue weighted by Gasteiger charge is -2.29. The Hall–Kier alpha value is -0.650. The molecule has 0 spiro atoms. The molecule has 5 nitrogen and oxygen atoms in total. The zero-order valence-corrected chi connectivity index (χ0v) is 10.1. The van der Waals surface area contributed by atoms with Gasteiger partial charge in [-0.3, -0.25) is 4.79 Å². The average molecular weight is 231 g/mol. The van der Waals surface area contributed by atoms with Crippen LogP contribution >= 0.6 is 0 Å². The van der Waals surface area contributed by atoms with Crippen LogP contribution < -0.4 is 5.32 Å². The SMILES string of the molecule is CC(C)C(NCC1(O)CCOC1C)C(=O)O. The van der Waals surface area contributed by atoms with Crippen molar-refractivity contribution in [2.75, 3.05) is 13.2 Å². The second-order valence-electron chi connectivity index (χ2n) is 4.81. The molecule has 3 atom stereocenters. The van der Waals surface area contributed by atoms with Gasteiger partial charge in [-0.2, -0.15) is 0 Å². The van der Waals surface area contributed by atoms with Gasteiger partial charge in [0, 0.05) is 19.6 Å². The zero-order chi connectivity index (χ0) is 12.3. The Kier molecular flexibility index (Phi) is 4.29. The monoisotopic (exact) mass is 231 g/mol. The van der Waals surface area contributed by atoms with E-state index in [0.29, 0.717) is 13.0 Å². The summed E-state index contributed by atoms with van der Waals surface area (Å²) < 4.78 is 5.28. The van der Waals surface area contributed by atoms with Crippen LogP contribution in [0, 0.1) is 5.92 Å². The lowest BCUT2D eigenvalue weighted by Crippen LogP contribution is -2.52. The summed E-state index contributed by atoms with van der Waals surface area (Å²) in [5.41, 5.74) is -0.942. The molecule has 0 saturated carbocycles. The van der Waals surface area contributed by atoms with Gasteiger partial charge in [0.05, 0.1) is 6.10 Å². The largest absolute Gasteiger partial charge is 0.480 e. The number of carboxylic acids is 1. The number of carboxylic acid groups (broad SMARTS) is 1. The van der Waals surface area contributed by atoms with E-state index >= 15 is 0 Å². The van der Waals surface area contributed by atoms with Gasteiger partial charge in [-0.05, 0) is 12.8 Å². The molecule has 1 aliphatic heterocycles. The van der Waals surface area contributed by atoms with Crippen LogP contribution in [0.15, 0.2) is 0 Å². The van der Waals surface area contributed by atoms with E-state index in [1.807, 2.05) is 13.8 Å². The highest BCUT2D eigenvalue weighted by Gasteiger charge is 2.40. The van der Waals surface area contributed by atoms with Crippen LogP contribution in [0.3, 0.4) is 0 Å². The Bertz CT molecular complexity index is 256. The summed E-state index contributed by atoms with van der Waals surface area (Å²) in [6, 6.07) is -0.628. The van der Waals surface area contributed by atoms with Crippen molar-refractivity contribution in [1.82, 2.24) is 5.32 Å². The Morgan fingerprint density at radius 1 is 1.62 bits per heavy atom. The van der Waals surface area contributed by atoms with Crippen molar-refractivity contribution in [3.63, 3.8) is 0 Å². The first kappa shape index (κ1) is 13.4. The van der Waals surface area contributed by atoms with Gasteiger partial charge < -0.3 is 20.3 Å². The van der Waals surface area contributed by atoms with Gasteiger partial charge in [0.2, 0.25) is 0 Å². The van der Waals surface area contributed by atoms with Gasteiger partial charge >= 0.3 is 5.97 Å². The molecule has 1 saturated heterocycles. The second kappa shape index (κ2) is 5.12. The number of carbonyl (C=O) groups is 1. The molecule has 0 aromatic carbocycles. The normalized spacial score (nSPS) is 31.9. The van der Waals surface area contributed by atoms with E-state index in [0.717, 1.165) is 0 Å². The highest BCUT2D eigenvalue weighted by Crippen LogP contribution is 2.25. The molecule has 3 unspecified atom stereocenters. The minimum atomic E-state index is -0.942. The fraction of sp³-hybridized carbons (Fsp3) is 0.909. The zero-order valence-electron chi connectivity index (χ0n) is 10.1. The molecule has 16 heavy (non-hydrogen) atoms. The van der Waals surface area contributed by atoms with Crippen LogP contribution in [-0.2, 0) is 9.53 Å². The van der Waals surface area contributed by atoms with E-state index in [1.54, 1.807) is 6.92 Å². The molecule has 1 fully saturated rings. The molecule has 0 aliphatic carbocycles. The van der Waals surface area contributed by atoms with Crippen molar-refractivity contribution in [2.24, 2.45) is 5.92 Å². The highest BCUT2D eigenvalue weighted by molar-refractivity contribution is 5.73. The summed E-state index contributed by atoms with van der Waals surface area (Å²) in [6.07, 6.45) is 0.299. The Balaban J connectivity index is 2.52. The number of aliphatic carboxylic acids is 1. The third-order valence-corrected chi connectivity index (χ3v) is 3.22. The van der Waals surface area contributed by atoms with E-state index < -0.39 is 17.6 Å². The minimum Gasteiger partial charge on any atom is -0.480 e. The summed E-state index contributed by atoms with van der Waals surface area (Å²) in [4.78, 5) is 11.0. The summed E-state index contributed by atoms with van der Waals surface area (Å²) in [7, 11) is 0. The van der Waals surface area contributed by atoms with Crippen LogP contribution in [0.25, 0.3) is 0 Å². The Morgan fingerprint density at radius 3 is 2.62 bits per heavy atom. The van der Waals surface area contributed by atoms with Gasteiger partial charge in [0.15, 0.2) is 0 Å². The van der Waals surface area contributed by atoms with E-state index in [2.05, 4.69) is 5.32 Å². The van der Waals surface area contributed by atoms with Gasteiger partial charge in [-0.25, -0.2) is 0 Å². The standard InChI is InChI=1S/C11H21NO4/c1-7(2)9(10(13)14)12-6-11(15)4-5-16-8(11)3/h7-9,12,15H,4-6H2,1-3H3,(H,13,14). The Labute approximate surface area is 95.8 Å². The van der Waals surface area contributed by atoms with Crippen molar-refractivity contribution in [2.45, 2.75) is 44.9 Å². The molecule has 0 aromatic rings. The first-order chi connectivity index (χ1) is 7.37. The predicted octanol–water partition coefficient (Wildman–Crippen LogP) is 0.225. The van der Waals surface area contributed by atoms with Gasteiger partial charge in [-0.15, -0.1) is 0 Å². The van der Waals surface area contributed by atoms with Crippen LogP contribution in [-0.4, -0.2) is 47.1 Å². The summed E-state index contributed by atoms with van der Waals surface area (Å²) in [5, 5.41) is 22.1. The van der Waals surface area contributed by atoms with E-state index in [1.165, 1.54) is 0 Å². The molecule has 0 radical (unpaired) electrons. The minimum absolute atomic E-state index is 0.0151. The van der Waals surface area contributed by atoms with Crippen molar-refractivity contribution in [3.05, 3.63) is 0 Å². The molecule has 1 aliphatic rings. The van der Waals surface area contributed by atoms with E-state index in [9.17, 15) is 9.90 Å². The fourth-order valence-corrected chi connectivity index (χ4v) is 1.90. The predicted molar refractivity (Wildman–Crippen MR) is 59.2 cm³/mol. The number of rotatable bonds is 5. The molecule has 0 aromatic heterocycles. The molecule has 1 rings (SSSR count). The van der Waals surface area contributed by atoms with Crippen LogP contribution in [0.4, 0.5) is 0 Å². The second-order valence-corrected chi connectivity index (χ2v) is 4.81. The van der Waals surface area contributed by atoms with Gasteiger partial charge in [0.1, 0.15) is 11.6 Å². The maximum absolute atomic E-state index is 11.0. The highest BCUT2D eigenvalue weighted by atomic mass is 16.5. The van der Waals surface area contributed by atoms with Crippen LogP contribution in [0.5, 0.6) is 0 Å². The quantitative estimate of drug-likeness (QED) is 0.631. The van der Waals surface area contributed by atoms with Crippen molar-refractivity contribution in [1.29, 1.82) is 0 Å². The summed E-state index contributed by atoms with van der Waals surface area (Å²) >= 11 is 0. The summed E-state index contributed by atoms with van der Waals surface area (Å²) in [5.74, 6) is -0.899. The van der Waals surface area contributed by atoms with Crippen LogP contribution in [0.2, 0.25) is 0 Å². The van der Waals surface area contributed by atoms with Crippen LogP contribution in [0.1, 0.15) is 27.2 Å². The average Bonchev–Trinajstić information content (AvgIpc) is 2.46. The maximum Gasteiger partial charge on any atom is 0.320 e. The van der Waals surface area contributed by atoms with Crippen molar-refractivity contribution < 1.29 is 19.7 Å². The van der Waals surface area contributed by atoms with E-state index in [-0.39, 0.29) is 18.6 Å². The molecule has 0 bridgehead atoms. The maximum atomic E-state index is 11.0. The molecular weight excluding hydrogens is 210 g/mol. The lowest BCUT2D eigenvalue weighted by molar-refractivity contribution is -0.141. The summed E-state index contributed by atoms with van der Waals surface area (Å²) in [6.45, 7) is 6.26. The third kappa shape index (κ3) is 2.93.